The molecule has 0 aliphatic rings. The third kappa shape index (κ3) is 4.18. The van der Waals surface area contributed by atoms with Crippen molar-refractivity contribution in [1.29, 1.82) is 0 Å². The Hall–Kier alpha value is -7.12. The lowest BCUT2D eigenvalue weighted by atomic mass is 10.0. The molecule has 7 heteroatoms. The minimum atomic E-state index is 0.539. The Labute approximate surface area is 290 Å². The van der Waals surface area contributed by atoms with Crippen molar-refractivity contribution in [2.75, 3.05) is 0 Å². The van der Waals surface area contributed by atoms with Crippen LogP contribution in [0.3, 0.4) is 0 Å². The molecule has 238 valence electrons. The van der Waals surface area contributed by atoms with Gasteiger partial charge in [-0.25, -0.2) is 15.0 Å². The second-order valence-electron chi connectivity index (χ2n) is 12.7. The first-order valence-corrected chi connectivity index (χ1v) is 16.8. The molecule has 6 aromatic carbocycles. The van der Waals surface area contributed by atoms with E-state index in [1.807, 2.05) is 54.6 Å². The predicted molar refractivity (Wildman–Crippen MR) is 203 cm³/mol. The summed E-state index contributed by atoms with van der Waals surface area (Å²) < 4.78 is 14.8. The summed E-state index contributed by atoms with van der Waals surface area (Å²) in [7, 11) is 0. The molecule has 0 aliphatic heterocycles. The number of fused-ring (bicyclic) bond motifs is 9. The van der Waals surface area contributed by atoms with Gasteiger partial charge in [0.15, 0.2) is 23.1 Å². The number of hydrogen-bond acceptors (Lipinski definition) is 6. The molecule has 0 saturated carbocycles. The molecular weight excluding hydrogens is 631 g/mol. The van der Waals surface area contributed by atoms with Crippen LogP contribution < -0.4 is 0 Å². The highest BCUT2D eigenvalue weighted by Crippen LogP contribution is 2.39. The number of para-hydroxylation sites is 4. The lowest BCUT2D eigenvalue weighted by Crippen LogP contribution is -2.03. The van der Waals surface area contributed by atoms with E-state index in [0.29, 0.717) is 17.5 Å². The van der Waals surface area contributed by atoms with Crippen molar-refractivity contribution in [2.45, 2.75) is 0 Å². The molecule has 0 amide bonds. The third-order valence-electron chi connectivity index (χ3n) is 9.78. The molecule has 5 heterocycles. The Bertz CT molecular complexity index is 3120. The molecule has 0 spiro atoms. The molecule has 0 radical (unpaired) electrons. The van der Waals surface area contributed by atoms with Crippen molar-refractivity contribution in [3.05, 3.63) is 152 Å². The Morgan fingerprint density at radius 3 is 1.90 bits per heavy atom. The van der Waals surface area contributed by atoms with E-state index in [1.165, 1.54) is 10.8 Å². The molecule has 0 aliphatic carbocycles. The monoisotopic (exact) mass is 655 g/mol. The van der Waals surface area contributed by atoms with Crippen LogP contribution in [0.1, 0.15) is 0 Å². The summed E-state index contributed by atoms with van der Waals surface area (Å²) in [4.78, 5) is 19.9. The van der Waals surface area contributed by atoms with Gasteiger partial charge in [0.2, 0.25) is 0 Å². The lowest BCUT2D eigenvalue weighted by Gasteiger charge is -2.14. The molecule has 11 rings (SSSR count). The summed E-state index contributed by atoms with van der Waals surface area (Å²) in [5.74, 6) is 1.65. The second kappa shape index (κ2) is 10.7. The van der Waals surface area contributed by atoms with Crippen molar-refractivity contribution in [1.82, 2.24) is 24.5 Å². The number of benzene rings is 6. The summed E-state index contributed by atoms with van der Waals surface area (Å²) in [5.41, 5.74) is 8.84. The van der Waals surface area contributed by atoms with Crippen molar-refractivity contribution in [3.8, 4) is 39.9 Å². The van der Waals surface area contributed by atoms with Crippen molar-refractivity contribution >= 4 is 65.7 Å². The van der Waals surface area contributed by atoms with E-state index in [-0.39, 0.29) is 0 Å². The van der Waals surface area contributed by atoms with Gasteiger partial charge in [0, 0.05) is 55.2 Å². The van der Waals surface area contributed by atoms with Crippen molar-refractivity contribution in [3.63, 3.8) is 0 Å². The molecule has 11 aromatic rings. The second-order valence-corrected chi connectivity index (χ2v) is 12.7. The molecule has 5 aromatic heterocycles. The Morgan fingerprint density at radius 2 is 1.06 bits per heavy atom. The van der Waals surface area contributed by atoms with Gasteiger partial charge < -0.3 is 13.4 Å². The zero-order valence-corrected chi connectivity index (χ0v) is 27.0. The van der Waals surface area contributed by atoms with Gasteiger partial charge >= 0.3 is 0 Å². The van der Waals surface area contributed by atoms with Crippen LogP contribution in [0.5, 0.6) is 0 Å². The van der Waals surface area contributed by atoms with Crippen LogP contribution in [0.15, 0.2) is 161 Å². The third-order valence-corrected chi connectivity index (χ3v) is 9.78. The first kappa shape index (κ1) is 27.8. The van der Waals surface area contributed by atoms with E-state index in [1.54, 1.807) is 12.4 Å². The van der Waals surface area contributed by atoms with Gasteiger partial charge in [-0.15, -0.1) is 0 Å². The molecule has 0 saturated heterocycles. The fraction of sp³-hybridized carbons (Fsp3) is 0. The summed E-state index contributed by atoms with van der Waals surface area (Å²) >= 11 is 0. The summed E-state index contributed by atoms with van der Waals surface area (Å²) in [6.07, 6.45) is 3.53. The van der Waals surface area contributed by atoms with Crippen LogP contribution in [0.4, 0.5) is 0 Å². The fourth-order valence-corrected chi connectivity index (χ4v) is 7.52. The van der Waals surface area contributed by atoms with Gasteiger partial charge in [0.05, 0.1) is 22.9 Å². The van der Waals surface area contributed by atoms with Gasteiger partial charge in [-0.2, -0.15) is 0 Å². The number of hydrogen-bond donors (Lipinski definition) is 0. The highest BCUT2D eigenvalue weighted by Gasteiger charge is 2.21. The lowest BCUT2D eigenvalue weighted by molar-refractivity contribution is 0.667. The Balaban J connectivity index is 1.20. The molecule has 0 fully saturated rings. The zero-order valence-electron chi connectivity index (χ0n) is 27.0. The van der Waals surface area contributed by atoms with E-state index < -0.39 is 0 Å². The first-order chi connectivity index (χ1) is 25.3. The molecule has 7 nitrogen and oxygen atoms in total. The van der Waals surface area contributed by atoms with Crippen LogP contribution in [-0.4, -0.2) is 24.5 Å². The Kier molecular flexibility index (Phi) is 5.83. The van der Waals surface area contributed by atoms with Crippen molar-refractivity contribution < 1.29 is 8.83 Å². The molecule has 51 heavy (non-hydrogen) atoms. The zero-order chi connectivity index (χ0) is 33.5. The van der Waals surface area contributed by atoms with Crippen LogP contribution in [0.25, 0.3) is 106 Å². The minimum absolute atomic E-state index is 0.539. The van der Waals surface area contributed by atoms with Gasteiger partial charge in [-0.05, 0) is 54.6 Å². The topological polar surface area (TPSA) is 82.8 Å². The fourth-order valence-electron chi connectivity index (χ4n) is 7.52. The quantitative estimate of drug-likeness (QED) is 0.188. The van der Waals surface area contributed by atoms with Gasteiger partial charge in [0.1, 0.15) is 16.7 Å². The summed E-state index contributed by atoms with van der Waals surface area (Å²) in [5, 5.41) is 6.38. The highest BCUT2D eigenvalue weighted by atomic mass is 16.3. The maximum atomic E-state index is 6.28. The molecule has 0 atom stereocenters. The maximum absolute atomic E-state index is 6.28. The van der Waals surface area contributed by atoms with E-state index in [9.17, 15) is 0 Å². The maximum Gasteiger partial charge on any atom is 0.166 e. The van der Waals surface area contributed by atoms with Gasteiger partial charge in [-0.3, -0.25) is 4.98 Å². The van der Waals surface area contributed by atoms with E-state index >= 15 is 0 Å². The number of aromatic nitrogens is 5. The minimum Gasteiger partial charge on any atom is -0.456 e. The van der Waals surface area contributed by atoms with Crippen LogP contribution in [0.2, 0.25) is 0 Å². The number of furan rings is 2. The van der Waals surface area contributed by atoms with Gasteiger partial charge in [0.25, 0.3) is 0 Å². The standard InChI is InChI=1S/C44H25N5O2/c1-5-15-34-27(10-1)28-11-2-6-16-35(28)49(34)36-17-7-3-12-31(36)43-46-42(26-20-21-29-30-22-23-45-25-40(30)51-39(29)24-26)47-44(48-43)33-14-9-19-38-41(33)32-13-4-8-18-37(32)50-38/h1-25H. The number of rotatable bonds is 4. The Morgan fingerprint density at radius 1 is 0.431 bits per heavy atom. The molecular formula is C44H25N5O2. The van der Waals surface area contributed by atoms with E-state index in [4.69, 9.17) is 23.8 Å². The highest BCUT2D eigenvalue weighted by molar-refractivity contribution is 6.12. The van der Waals surface area contributed by atoms with Crippen LogP contribution >= 0.6 is 0 Å². The van der Waals surface area contributed by atoms with Gasteiger partial charge in [-0.1, -0.05) is 84.9 Å². The predicted octanol–water partition coefficient (Wildman–Crippen LogP) is 11.2. The van der Waals surface area contributed by atoms with Crippen LogP contribution in [-0.2, 0) is 0 Å². The van der Waals surface area contributed by atoms with Crippen molar-refractivity contribution in [2.24, 2.45) is 0 Å². The molecule has 0 bridgehead atoms. The SMILES string of the molecule is c1ccc(-n2c3ccccc3c3ccccc32)c(-c2nc(-c3ccc4c(c3)oc3cnccc34)nc(-c3cccc4oc5ccccc5c34)n2)c1. The summed E-state index contributed by atoms with van der Waals surface area (Å²) in [6.45, 7) is 0. The van der Waals surface area contributed by atoms with Crippen LogP contribution in [0, 0.1) is 0 Å². The van der Waals surface area contributed by atoms with E-state index in [0.717, 1.165) is 77.3 Å². The summed E-state index contributed by atoms with van der Waals surface area (Å²) in [6, 6.07) is 47.6. The normalized spacial score (nSPS) is 11.9. The van der Waals surface area contributed by atoms with E-state index in [2.05, 4.69) is 94.5 Å². The average molecular weight is 656 g/mol. The molecule has 0 N–H and O–H groups in total. The smallest absolute Gasteiger partial charge is 0.166 e. The molecule has 0 unspecified atom stereocenters. The number of nitrogens with zero attached hydrogens (tertiary/aromatic N) is 5. The average Bonchev–Trinajstić information content (AvgIpc) is 3.87. The first-order valence-electron chi connectivity index (χ1n) is 16.8. The largest absolute Gasteiger partial charge is 0.456 e. The number of pyridine rings is 1.